The Labute approximate surface area is 123 Å². The Morgan fingerprint density at radius 3 is 2.42 bits per heavy atom. The summed E-state index contributed by atoms with van der Waals surface area (Å²) in [6.07, 6.45) is 1.28. The Kier molecular flexibility index (Phi) is 4.66. The first-order valence-corrected chi connectivity index (χ1v) is 8.94. The zero-order chi connectivity index (χ0) is 14.0. The molecule has 6 heteroatoms. The van der Waals surface area contributed by atoms with Crippen LogP contribution in [-0.4, -0.2) is 49.6 Å². The smallest absolute Gasteiger partial charge is 0.211 e. The summed E-state index contributed by atoms with van der Waals surface area (Å²) < 4.78 is 25.7. The van der Waals surface area contributed by atoms with Gasteiger partial charge >= 0.3 is 0 Å². The van der Waals surface area contributed by atoms with Crippen LogP contribution < -0.4 is 0 Å². The molecule has 0 unspecified atom stereocenters. The summed E-state index contributed by atoms with van der Waals surface area (Å²) in [7, 11) is -3.06. The van der Waals surface area contributed by atoms with Crippen molar-refractivity contribution in [2.45, 2.75) is 19.5 Å². The highest BCUT2D eigenvalue weighted by atomic mass is 79.9. The Balaban J connectivity index is 1.99. The number of nitrogens with zero attached hydrogens (tertiary/aromatic N) is 2. The van der Waals surface area contributed by atoms with Gasteiger partial charge in [-0.2, -0.15) is 4.31 Å². The summed E-state index contributed by atoms with van der Waals surface area (Å²) in [4.78, 5) is 2.32. The number of benzene rings is 1. The highest BCUT2D eigenvalue weighted by molar-refractivity contribution is 9.10. The third kappa shape index (κ3) is 4.02. The van der Waals surface area contributed by atoms with E-state index < -0.39 is 10.0 Å². The lowest BCUT2D eigenvalue weighted by Gasteiger charge is -2.38. The molecule has 1 fully saturated rings. The van der Waals surface area contributed by atoms with Crippen LogP contribution in [-0.2, 0) is 16.6 Å². The molecular weight excluding hydrogens is 328 g/mol. The van der Waals surface area contributed by atoms with Crippen LogP contribution in [0.1, 0.15) is 12.5 Å². The highest BCUT2D eigenvalue weighted by Crippen LogP contribution is 2.17. The molecule has 1 aliphatic heterocycles. The van der Waals surface area contributed by atoms with E-state index in [0.717, 1.165) is 17.6 Å². The average molecular weight is 347 g/mol. The largest absolute Gasteiger partial charge is 0.294 e. The van der Waals surface area contributed by atoms with Crippen molar-refractivity contribution in [1.82, 2.24) is 9.21 Å². The van der Waals surface area contributed by atoms with E-state index in [2.05, 4.69) is 39.9 Å². The Bertz CT molecular complexity index is 530. The standard InChI is InChI=1S/C13H19BrN2O2S/c1-11-9-16(19(2,17)18)8-7-15(11)10-12-3-5-13(14)6-4-12/h3-6,11H,7-10H2,1-2H3/t11-/m1/s1. The maximum atomic E-state index is 11.5. The van der Waals surface area contributed by atoms with E-state index >= 15 is 0 Å². The van der Waals surface area contributed by atoms with Crippen LogP contribution in [0, 0.1) is 0 Å². The van der Waals surface area contributed by atoms with Crippen molar-refractivity contribution in [2.24, 2.45) is 0 Å². The predicted octanol–water partition coefficient (Wildman–Crippen LogP) is 1.91. The minimum Gasteiger partial charge on any atom is -0.294 e. The maximum Gasteiger partial charge on any atom is 0.211 e. The summed E-state index contributed by atoms with van der Waals surface area (Å²) >= 11 is 3.43. The Hall–Kier alpha value is -0.430. The van der Waals surface area contributed by atoms with Gasteiger partial charge in [0.1, 0.15) is 0 Å². The molecule has 0 N–H and O–H groups in total. The number of sulfonamides is 1. The fraction of sp³-hybridized carbons (Fsp3) is 0.538. The van der Waals surface area contributed by atoms with Gasteiger partial charge in [0.05, 0.1) is 6.26 Å². The summed E-state index contributed by atoms with van der Waals surface area (Å²) in [6.45, 7) is 4.89. The van der Waals surface area contributed by atoms with E-state index in [1.165, 1.54) is 11.8 Å². The van der Waals surface area contributed by atoms with Gasteiger partial charge in [-0.25, -0.2) is 8.42 Å². The van der Waals surface area contributed by atoms with Gasteiger partial charge in [0.15, 0.2) is 0 Å². The Morgan fingerprint density at radius 2 is 1.89 bits per heavy atom. The summed E-state index contributed by atoms with van der Waals surface area (Å²) in [5.41, 5.74) is 1.25. The second-order valence-corrected chi connectivity index (χ2v) is 7.97. The second-order valence-electron chi connectivity index (χ2n) is 5.07. The first kappa shape index (κ1) is 15.0. The molecule has 0 aliphatic carbocycles. The van der Waals surface area contributed by atoms with E-state index in [4.69, 9.17) is 0 Å². The molecule has 0 bridgehead atoms. The fourth-order valence-electron chi connectivity index (χ4n) is 2.32. The number of rotatable bonds is 3. The topological polar surface area (TPSA) is 40.6 Å². The van der Waals surface area contributed by atoms with Crippen LogP contribution in [0.3, 0.4) is 0 Å². The average Bonchev–Trinajstić information content (AvgIpc) is 2.33. The van der Waals surface area contributed by atoms with Gasteiger partial charge in [-0.3, -0.25) is 4.90 Å². The normalized spacial score (nSPS) is 22.6. The lowest BCUT2D eigenvalue weighted by molar-refractivity contribution is 0.122. The molecule has 1 aromatic carbocycles. The van der Waals surface area contributed by atoms with Gasteiger partial charge in [-0.05, 0) is 24.6 Å². The van der Waals surface area contributed by atoms with E-state index in [1.54, 1.807) is 4.31 Å². The molecule has 0 amide bonds. The molecule has 0 aromatic heterocycles. The van der Waals surface area contributed by atoms with Crippen molar-refractivity contribution < 1.29 is 8.42 Å². The maximum absolute atomic E-state index is 11.5. The molecule has 1 aliphatic rings. The van der Waals surface area contributed by atoms with Gasteiger partial charge in [0.25, 0.3) is 0 Å². The van der Waals surface area contributed by atoms with Gasteiger partial charge in [-0.15, -0.1) is 0 Å². The third-order valence-corrected chi connectivity index (χ3v) is 5.29. The lowest BCUT2D eigenvalue weighted by atomic mass is 10.1. The molecule has 1 heterocycles. The van der Waals surface area contributed by atoms with Crippen LogP contribution in [0.15, 0.2) is 28.7 Å². The minimum absolute atomic E-state index is 0.243. The monoisotopic (exact) mass is 346 g/mol. The zero-order valence-corrected chi connectivity index (χ0v) is 13.6. The van der Waals surface area contributed by atoms with Gasteiger partial charge in [-0.1, -0.05) is 28.1 Å². The number of piperazine rings is 1. The molecule has 4 nitrogen and oxygen atoms in total. The first-order chi connectivity index (χ1) is 8.86. The molecule has 1 saturated heterocycles. The molecule has 2 rings (SSSR count). The van der Waals surface area contributed by atoms with Crippen molar-refractivity contribution in [3.8, 4) is 0 Å². The quantitative estimate of drug-likeness (QED) is 0.839. The van der Waals surface area contributed by atoms with Crippen LogP contribution in [0.4, 0.5) is 0 Å². The third-order valence-electron chi connectivity index (χ3n) is 3.50. The highest BCUT2D eigenvalue weighted by Gasteiger charge is 2.28. The molecule has 1 aromatic rings. The van der Waals surface area contributed by atoms with Crippen molar-refractivity contribution in [3.05, 3.63) is 34.3 Å². The zero-order valence-electron chi connectivity index (χ0n) is 11.2. The van der Waals surface area contributed by atoms with Crippen molar-refractivity contribution in [1.29, 1.82) is 0 Å². The molecule has 106 valence electrons. The van der Waals surface area contributed by atoms with Crippen LogP contribution in [0.5, 0.6) is 0 Å². The van der Waals surface area contributed by atoms with Crippen LogP contribution >= 0.6 is 15.9 Å². The SMILES string of the molecule is C[C@@H]1CN(S(C)(=O)=O)CCN1Cc1ccc(Br)cc1. The number of hydrogen-bond donors (Lipinski definition) is 0. The van der Waals surface area contributed by atoms with Crippen LogP contribution in [0.25, 0.3) is 0 Å². The fourth-order valence-corrected chi connectivity index (χ4v) is 3.49. The molecule has 1 atom stereocenters. The van der Waals surface area contributed by atoms with Crippen LogP contribution in [0.2, 0.25) is 0 Å². The predicted molar refractivity (Wildman–Crippen MR) is 80.4 cm³/mol. The van der Waals surface area contributed by atoms with Gasteiger partial charge in [0, 0.05) is 36.7 Å². The Morgan fingerprint density at radius 1 is 1.26 bits per heavy atom. The second kappa shape index (κ2) is 5.91. The van der Waals surface area contributed by atoms with Crippen molar-refractivity contribution in [2.75, 3.05) is 25.9 Å². The number of hydrogen-bond acceptors (Lipinski definition) is 3. The van der Waals surface area contributed by atoms with E-state index in [9.17, 15) is 8.42 Å². The van der Waals surface area contributed by atoms with Gasteiger partial charge < -0.3 is 0 Å². The van der Waals surface area contributed by atoms with E-state index in [1.807, 2.05) is 12.1 Å². The molecule has 0 saturated carbocycles. The van der Waals surface area contributed by atoms with E-state index in [0.29, 0.717) is 13.1 Å². The van der Waals surface area contributed by atoms with E-state index in [-0.39, 0.29) is 6.04 Å². The summed E-state index contributed by atoms with van der Waals surface area (Å²) in [6, 6.07) is 8.51. The summed E-state index contributed by atoms with van der Waals surface area (Å²) in [5.74, 6) is 0. The lowest BCUT2D eigenvalue weighted by Crippen LogP contribution is -2.52. The molecular formula is C13H19BrN2O2S. The molecule has 0 spiro atoms. The number of halogens is 1. The molecule has 0 radical (unpaired) electrons. The van der Waals surface area contributed by atoms with Crippen molar-refractivity contribution >= 4 is 26.0 Å². The summed E-state index contributed by atoms with van der Waals surface area (Å²) in [5, 5.41) is 0. The van der Waals surface area contributed by atoms with Gasteiger partial charge in [0.2, 0.25) is 10.0 Å². The first-order valence-electron chi connectivity index (χ1n) is 6.30. The minimum atomic E-state index is -3.06. The molecule has 19 heavy (non-hydrogen) atoms. The van der Waals surface area contributed by atoms with Crippen molar-refractivity contribution in [3.63, 3.8) is 0 Å².